The molecule has 190 valence electrons. The second-order valence-electron chi connectivity index (χ2n) is 8.52. The van der Waals surface area contributed by atoms with Gasteiger partial charge in [0.1, 0.15) is 24.3 Å². The number of carboxylic acid groups (broad SMARTS) is 2. The number of aliphatic carboxylic acids is 2. The van der Waals surface area contributed by atoms with Crippen molar-refractivity contribution in [2.24, 2.45) is 5.73 Å². The van der Waals surface area contributed by atoms with Gasteiger partial charge in [-0.1, -0.05) is 60.7 Å². The number of amides is 1. The number of hydrogen-bond acceptors (Lipinski definition) is 7. The molecule has 0 aromatic heterocycles. The van der Waals surface area contributed by atoms with Gasteiger partial charge in [0.25, 0.3) is 0 Å². The molecule has 0 aliphatic carbocycles. The first-order valence-corrected chi connectivity index (χ1v) is 10.8. The average Bonchev–Trinajstić information content (AvgIpc) is 2.77. The Kier molecular flexibility index (Phi) is 11.9. The molecule has 1 amide bonds. The smallest absolute Gasteiger partial charge is 0.408 e. The third-order valence-corrected chi connectivity index (χ3v) is 4.19. The van der Waals surface area contributed by atoms with Crippen molar-refractivity contribution in [3.05, 3.63) is 71.8 Å². The molecule has 0 aliphatic rings. The number of alkyl carbamates (subject to hydrolysis) is 1. The Hall–Kier alpha value is -3.92. The quantitative estimate of drug-likeness (QED) is 0.388. The van der Waals surface area contributed by atoms with E-state index in [2.05, 4.69) is 5.32 Å². The molecule has 0 unspecified atom stereocenters. The van der Waals surface area contributed by atoms with Crippen LogP contribution in [-0.4, -0.2) is 51.9 Å². The molecule has 2 aromatic rings. The molecule has 10 heteroatoms. The monoisotopic (exact) mass is 488 g/mol. The predicted molar refractivity (Wildman–Crippen MR) is 127 cm³/mol. The maximum atomic E-state index is 12.0. The average molecular weight is 489 g/mol. The lowest BCUT2D eigenvalue weighted by molar-refractivity contribution is -0.151. The van der Waals surface area contributed by atoms with Crippen LogP contribution >= 0.6 is 0 Å². The molecular weight excluding hydrogens is 456 g/mol. The number of rotatable bonds is 9. The van der Waals surface area contributed by atoms with E-state index >= 15 is 0 Å². The van der Waals surface area contributed by atoms with Gasteiger partial charge in [-0.2, -0.15) is 0 Å². The molecule has 35 heavy (non-hydrogen) atoms. The number of ether oxygens (including phenoxy) is 2. The van der Waals surface area contributed by atoms with Crippen LogP contribution in [0.1, 0.15) is 38.3 Å². The van der Waals surface area contributed by atoms with Gasteiger partial charge < -0.3 is 30.7 Å². The number of carbonyl (C=O) groups excluding carboxylic acids is 2. The number of carbonyl (C=O) groups is 4. The normalized spacial score (nSPS) is 12.2. The van der Waals surface area contributed by atoms with Crippen molar-refractivity contribution in [3.63, 3.8) is 0 Å². The van der Waals surface area contributed by atoms with Crippen molar-refractivity contribution in [3.8, 4) is 0 Å². The first-order valence-electron chi connectivity index (χ1n) is 10.8. The van der Waals surface area contributed by atoms with Gasteiger partial charge in [0.05, 0.1) is 6.42 Å². The van der Waals surface area contributed by atoms with Crippen molar-refractivity contribution in [1.29, 1.82) is 0 Å². The molecule has 10 nitrogen and oxygen atoms in total. The molecule has 2 atom stereocenters. The van der Waals surface area contributed by atoms with E-state index in [1.165, 1.54) is 0 Å². The summed E-state index contributed by atoms with van der Waals surface area (Å²) in [4.78, 5) is 44.9. The summed E-state index contributed by atoms with van der Waals surface area (Å²) < 4.78 is 10.1. The molecule has 0 aliphatic heterocycles. The first-order chi connectivity index (χ1) is 16.4. The molecule has 0 saturated heterocycles. The second-order valence-corrected chi connectivity index (χ2v) is 8.52. The van der Waals surface area contributed by atoms with Crippen LogP contribution < -0.4 is 11.1 Å². The third-order valence-electron chi connectivity index (χ3n) is 4.19. The zero-order valence-corrected chi connectivity index (χ0v) is 20.0. The van der Waals surface area contributed by atoms with Crippen LogP contribution in [0, 0.1) is 0 Å². The molecule has 0 saturated carbocycles. The maximum absolute atomic E-state index is 12.0. The second kappa shape index (κ2) is 14.4. The largest absolute Gasteiger partial charge is 0.481 e. The number of esters is 1. The zero-order chi connectivity index (χ0) is 26.4. The fourth-order valence-corrected chi connectivity index (χ4v) is 2.60. The van der Waals surface area contributed by atoms with Gasteiger partial charge in [-0.3, -0.25) is 9.59 Å². The van der Waals surface area contributed by atoms with E-state index in [0.29, 0.717) is 6.42 Å². The van der Waals surface area contributed by atoms with Crippen molar-refractivity contribution in [1.82, 2.24) is 5.32 Å². The zero-order valence-electron chi connectivity index (χ0n) is 20.0. The van der Waals surface area contributed by atoms with Gasteiger partial charge in [-0.25, -0.2) is 9.59 Å². The minimum Gasteiger partial charge on any atom is -0.481 e. The lowest BCUT2D eigenvalue weighted by Crippen LogP contribution is -2.45. The molecule has 0 fully saturated rings. The Bertz CT molecular complexity index is 958. The summed E-state index contributed by atoms with van der Waals surface area (Å²) in [5.74, 6) is -3.02. The third kappa shape index (κ3) is 13.4. The Morgan fingerprint density at radius 2 is 1.43 bits per heavy atom. The molecule has 0 heterocycles. The van der Waals surface area contributed by atoms with E-state index in [1.54, 1.807) is 45.0 Å². The van der Waals surface area contributed by atoms with Crippen LogP contribution in [-0.2, 0) is 36.9 Å². The summed E-state index contributed by atoms with van der Waals surface area (Å²) in [5, 5.41) is 19.6. The summed E-state index contributed by atoms with van der Waals surface area (Å²) in [6.45, 7) is 4.97. The number of nitrogens with one attached hydrogen (secondary N) is 1. The van der Waals surface area contributed by atoms with Crippen molar-refractivity contribution in [2.45, 2.75) is 57.9 Å². The van der Waals surface area contributed by atoms with Crippen LogP contribution in [0.25, 0.3) is 0 Å². The van der Waals surface area contributed by atoms with E-state index in [0.717, 1.165) is 11.1 Å². The summed E-state index contributed by atoms with van der Waals surface area (Å²) in [7, 11) is 0. The highest BCUT2D eigenvalue weighted by molar-refractivity contribution is 5.85. The lowest BCUT2D eigenvalue weighted by atomic mass is 10.1. The van der Waals surface area contributed by atoms with Crippen molar-refractivity contribution in [2.75, 3.05) is 0 Å². The van der Waals surface area contributed by atoms with E-state index in [9.17, 15) is 19.2 Å². The molecule has 2 aromatic carbocycles. The van der Waals surface area contributed by atoms with E-state index in [1.807, 2.05) is 36.4 Å². The highest BCUT2D eigenvalue weighted by atomic mass is 16.6. The van der Waals surface area contributed by atoms with E-state index in [4.69, 9.17) is 25.4 Å². The summed E-state index contributed by atoms with van der Waals surface area (Å²) in [6.07, 6.45) is -1.08. The predicted octanol–water partition coefficient (Wildman–Crippen LogP) is 2.74. The lowest BCUT2D eigenvalue weighted by Gasteiger charge is -2.22. The van der Waals surface area contributed by atoms with Gasteiger partial charge >= 0.3 is 24.0 Å². The van der Waals surface area contributed by atoms with Gasteiger partial charge in [0, 0.05) is 0 Å². The standard InChI is InChI=1S/C16H21NO6.C9H11NO2/c1-16(2,3)23-15(21)17-12(9-13(18)19)14(20)22-10-11-7-5-4-6-8-11;10-8(9(11)12)6-7-4-2-1-3-5-7/h4-8,12H,9-10H2,1-3H3,(H,17,21)(H,18,19);1-5,8H,6,10H2,(H,11,12)/t12-;8-/m00/s1. The Morgan fingerprint density at radius 3 is 1.89 bits per heavy atom. The summed E-state index contributed by atoms with van der Waals surface area (Å²) in [5.41, 5.74) is 6.30. The fraction of sp³-hybridized carbons (Fsp3) is 0.360. The molecule has 0 spiro atoms. The van der Waals surface area contributed by atoms with Gasteiger partial charge in [0.15, 0.2) is 0 Å². The Morgan fingerprint density at radius 1 is 0.914 bits per heavy atom. The molecule has 0 radical (unpaired) electrons. The molecule has 2 rings (SSSR count). The van der Waals surface area contributed by atoms with E-state index in [-0.39, 0.29) is 6.61 Å². The molecular formula is C25H32N2O8. The number of benzene rings is 2. The van der Waals surface area contributed by atoms with Crippen molar-refractivity contribution >= 4 is 24.0 Å². The minimum atomic E-state index is -1.31. The molecule has 0 bridgehead atoms. The number of nitrogens with two attached hydrogens (primary N) is 1. The Labute approximate surface area is 204 Å². The molecule has 5 N–H and O–H groups in total. The first kappa shape index (κ1) is 29.1. The van der Waals surface area contributed by atoms with Crippen LogP contribution in [0.5, 0.6) is 0 Å². The highest BCUT2D eigenvalue weighted by Crippen LogP contribution is 2.09. The fourth-order valence-electron chi connectivity index (χ4n) is 2.60. The highest BCUT2D eigenvalue weighted by Gasteiger charge is 2.27. The van der Waals surface area contributed by atoms with Gasteiger partial charge in [-0.15, -0.1) is 0 Å². The number of carboxylic acids is 2. The number of hydrogen-bond donors (Lipinski definition) is 4. The van der Waals surface area contributed by atoms with Crippen LogP contribution in [0.15, 0.2) is 60.7 Å². The van der Waals surface area contributed by atoms with Gasteiger partial charge in [-0.05, 0) is 38.3 Å². The topological polar surface area (TPSA) is 165 Å². The summed E-state index contributed by atoms with van der Waals surface area (Å²) >= 11 is 0. The minimum absolute atomic E-state index is 0.00814. The summed E-state index contributed by atoms with van der Waals surface area (Å²) in [6, 6.07) is 16.2. The van der Waals surface area contributed by atoms with Crippen molar-refractivity contribution < 1.29 is 38.9 Å². The Balaban J connectivity index is 0.000000427. The van der Waals surface area contributed by atoms with Gasteiger partial charge in [0.2, 0.25) is 0 Å². The maximum Gasteiger partial charge on any atom is 0.408 e. The van der Waals surface area contributed by atoms with E-state index < -0.39 is 48.1 Å². The van der Waals surface area contributed by atoms with Crippen LogP contribution in [0.3, 0.4) is 0 Å². The SMILES string of the molecule is CC(C)(C)OC(=O)N[C@@H](CC(=O)O)C(=O)OCc1ccccc1.N[C@@H](Cc1ccccc1)C(=O)O. The van der Waals surface area contributed by atoms with Crippen LogP contribution in [0.4, 0.5) is 4.79 Å². The van der Waals surface area contributed by atoms with Crippen LogP contribution in [0.2, 0.25) is 0 Å².